The van der Waals surface area contributed by atoms with Crippen LogP contribution < -0.4 is 16.6 Å². The van der Waals surface area contributed by atoms with Crippen LogP contribution in [0.3, 0.4) is 0 Å². The van der Waals surface area contributed by atoms with Gasteiger partial charge in [-0.2, -0.15) is 0 Å². The zero-order valence-electron chi connectivity index (χ0n) is 11.2. The molecule has 0 aliphatic carbocycles. The van der Waals surface area contributed by atoms with Gasteiger partial charge in [-0.15, -0.1) is 0 Å². The maximum atomic E-state index is 12.0. The zero-order valence-corrected chi connectivity index (χ0v) is 11.2. The van der Waals surface area contributed by atoms with Gasteiger partial charge < -0.3 is 15.8 Å². The molecule has 0 radical (unpaired) electrons. The summed E-state index contributed by atoms with van der Waals surface area (Å²) in [5, 5.41) is 3.65. The summed E-state index contributed by atoms with van der Waals surface area (Å²) in [6, 6.07) is 5.13. The monoisotopic (exact) mass is 274 g/mol. The van der Waals surface area contributed by atoms with Gasteiger partial charge in [0.05, 0.1) is 17.0 Å². The number of nitrogen functional groups attached to an aromatic ring is 1. The van der Waals surface area contributed by atoms with Crippen molar-refractivity contribution in [3.8, 4) is 0 Å². The van der Waals surface area contributed by atoms with Gasteiger partial charge in [0.25, 0.3) is 5.56 Å². The lowest BCUT2D eigenvalue weighted by Crippen LogP contribution is -2.17. The van der Waals surface area contributed by atoms with Crippen LogP contribution in [0.25, 0.3) is 10.9 Å². The first kappa shape index (κ1) is 12.9. The van der Waals surface area contributed by atoms with Crippen LogP contribution >= 0.6 is 0 Å². The van der Waals surface area contributed by atoms with E-state index in [0.717, 1.165) is 32.4 Å². The van der Waals surface area contributed by atoms with Gasteiger partial charge in [0.2, 0.25) is 5.95 Å². The maximum Gasteiger partial charge on any atom is 0.260 e. The first-order chi connectivity index (χ1) is 9.72. The van der Waals surface area contributed by atoms with Crippen LogP contribution in [0.1, 0.15) is 19.3 Å². The summed E-state index contributed by atoms with van der Waals surface area (Å²) in [6.07, 6.45) is 3.50. The molecule has 1 unspecified atom stereocenters. The fourth-order valence-corrected chi connectivity index (χ4v) is 2.46. The summed E-state index contributed by atoms with van der Waals surface area (Å²) in [4.78, 5) is 19.1. The smallest absolute Gasteiger partial charge is 0.260 e. The fraction of sp³-hybridized carbons (Fsp3) is 0.429. The second kappa shape index (κ2) is 5.50. The Morgan fingerprint density at radius 3 is 3.20 bits per heavy atom. The third kappa shape index (κ3) is 2.75. The molecule has 6 heteroatoms. The molecule has 2 aromatic rings. The van der Waals surface area contributed by atoms with E-state index >= 15 is 0 Å². The van der Waals surface area contributed by atoms with Crippen molar-refractivity contribution < 1.29 is 4.74 Å². The minimum Gasteiger partial charge on any atom is -0.399 e. The Morgan fingerprint density at radius 2 is 2.40 bits per heavy atom. The minimum atomic E-state index is -0.179. The van der Waals surface area contributed by atoms with Gasteiger partial charge in [0.15, 0.2) is 0 Å². The molecule has 1 aromatic carbocycles. The molecule has 0 amide bonds. The molecule has 0 bridgehead atoms. The Labute approximate surface area is 116 Å². The van der Waals surface area contributed by atoms with E-state index in [9.17, 15) is 4.79 Å². The van der Waals surface area contributed by atoms with E-state index in [1.54, 1.807) is 18.2 Å². The van der Waals surface area contributed by atoms with Gasteiger partial charge in [-0.25, -0.2) is 4.98 Å². The van der Waals surface area contributed by atoms with Gasteiger partial charge in [-0.1, -0.05) is 0 Å². The van der Waals surface area contributed by atoms with Crippen LogP contribution in [-0.4, -0.2) is 29.2 Å². The highest BCUT2D eigenvalue weighted by Crippen LogP contribution is 2.16. The molecule has 1 saturated heterocycles. The Morgan fingerprint density at radius 1 is 1.50 bits per heavy atom. The highest BCUT2D eigenvalue weighted by atomic mass is 16.5. The molecule has 4 N–H and O–H groups in total. The predicted octanol–water partition coefficient (Wildman–Crippen LogP) is 1.49. The number of nitrogens with two attached hydrogens (primary N) is 1. The molecule has 1 fully saturated rings. The zero-order chi connectivity index (χ0) is 13.9. The number of hydrogen-bond acceptors (Lipinski definition) is 5. The summed E-state index contributed by atoms with van der Waals surface area (Å²) in [5.74, 6) is 0.491. The number of nitrogens with zero attached hydrogens (tertiary/aromatic N) is 1. The fourth-order valence-electron chi connectivity index (χ4n) is 2.46. The number of ether oxygens (including phenoxy) is 1. The number of anilines is 2. The summed E-state index contributed by atoms with van der Waals surface area (Å²) >= 11 is 0. The second-order valence-corrected chi connectivity index (χ2v) is 5.04. The van der Waals surface area contributed by atoms with Crippen molar-refractivity contribution in [2.24, 2.45) is 0 Å². The van der Waals surface area contributed by atoms with Gasteiger partial charge >= 0.3 is 0 Å². The highest BCUT2D eigenvalue weighted by molar-refractivity contribution is 5.81. The van der Waals surface area contributed by atoms with Crippen LogP contribution in [0, 0.1) is 0 Å². The Hall–Kier alpha value is -2.08. The molecule has 106 valence electrons. The van der Waals surface area contributed by atoms with E-state index in [4.69, 9.17) is 10.5 Å². The first-order valence-electron chi connectivity index (χ1n) is 6.87. The first-order valence-corrected chi connectivity index (χ1v) is 6.87. The number of fused-ring (bicyclic) bond motifs is 1. The van der Waals surface area contributed by atoms with E-state index < -0.39 is 0 Å². The number of hydrogen-bond donors (Lipinski definition) is 3. The van der Waals surface area contributed by atoms with Crippen molar-refractivity contribution in [1.29, 1.82) is 0 Å². The molecule has 2 heterocycles. The van der Waals surface area contributed by atoms with Crippen LogP contribution in [0.4, 0.5) is 11.6 Å². The number of aromatic amines is 1. The molecule has 6 nitrogen and oxygen atoms in total. The van der Waals surface area contributed by atoms with E-state index in [2.05, 4.69) is 15.3 Å². The maximum absolute atomic E-state index is 12.0. The molecule has 0 spiro atoms. The number of H-pyrrole nitrogens is 1. The molecule has 3 rings (SSSR count). The topological polar surface area (TPSA) is 93.0 Å². The van der Waals surface area contributed by atoms with Crippen molar-refractivity contribution in [2.45, 2.75) is 25.4 Å². The number of benzene rings is 1. The van der Waals surface area contributed by atoms with Crippen molar-refractivity contribution >= 4 is 22.5 Å². The number of rotatable bonds is 4. The van der Waals surface area contributed by atoms with Gasteiger partial charge in [0, 0.05) is 18.8 Å². The largest absolute Gasteiger partial charge is 0.399 e. The van der Waals surface area contributed by atoms with Crippen molar-refractivity contribution in [2.75, 3.05) is 24.2 Å². The number of nitrogens with one attached hydrogen (secondary N) is 2. The molecule has 1 aliphatic rings. The molecule has 0 saturated carbocycles. The normalized spacial score (nSPS) is 18.5. The molecule has 1 aliphatic heterocycles. The second-order valence-electron chi connectivity index (χ2n) is 5.04. The molecule has 20 heavy (non-hydrogen) atoms. The van der Waals surface area contributed by atoms with Crippen LogP contribution in [0.2, 0.25) is 0 Å². The standard InChI is InChI=1S/C14H18N4O2/c15-9-3-4-12-11(8-9)13(19)18-14(17-12)16-6-5-10-2-1-7-20-10/h3-4,8,10H,1-2,5-7,15H2,(H2,16,17,18,19). The van der Waals surface area contributed by atoms with Crippen LogP contribution in [0.15, 0.2) is 23.0 Å². The summed E-state index contributed by atoms with van der Waals surface area (Å²) in [5.41, 5.74) is 6.69. The summed E-state index contributed by atoms with van der Waals surface area (Å²) < 4.78 is 5.55. The Bertz CT molecular complexity index is 662. The minimum absolute atomic E-state index is 0.179. The summed E-state index contributed by atoms with van der Waals surface area (Å²) in [6.45, 7) is 1.59. The van der Waals surface area contributed by atoms with Gasteiger partial charge in [0.1, 0.15) is 0 Å². The van der Waals surface area contributed by atoms with Crippen LogP contribution in [-0.2, 0) is 4.74 Å². The third-order valence-electron chi connectivity index (χ3n) is 3.51. The Kier molecular flexibility index (Phi) is 3.56. The predicted molar refractivity (Wildman–Crippen MR) is 78.9 cm³/mol. The quantitative estimate of drug-likeness (QED) is 0.734. The van der Waals surface area contributed by atoms with E-state index in [1.165, 1.54) is 0 Å². The van der Waals surface area contributed by atoms with E-state index in [-0.39, 0.29) is 5.56 Å². The Balaban J connectivity index is 1.72. The van der Waals surface area contributed by atoms with Crippen molar-refractivity contribution in [3.63, 3.8) is 0 Å². The summed E-state index contributed by atoms with van der Waals surface area (Å²) in [7, 11) is 0. The van der Waals surface area contributed by atoms with Crippen molar-refractivity contribution in [3.05, 3.63) is 28.6 Å². The van der Waals surface area contributed by atoms with Gasteiger partial charge in [-0.05, 0) is 37.5 Å². The molecule has 1 aromatic heterocycles. The number of aromatic nitrogens is 2. The van der Waals surface area contributed by atoms with Crippen molar-refractivity contribution in [1.82, 2.24) is 9.97 Å². The average molecular weight is 274 g/mol. The molecular weight excluding hydrogens is 256 g/mol. The van der Waals surface area contributed by atoms with Gasteiger partial charge in [-0.3, -0.25) is 9.78 Å². The lowest BCUT2D eigenvalue weighted by atomic mass is 10.2. The average Bonchev–Trinajstić information content (AvgIpc) is 2.93. The lowest BCUT2D eigenvalue weighted by Gasteiger charge is -2.10. The highest BCUT2D eigenvalue weighted by Gasteiger charge is 2.14. The lowest BCUT2D eigenvalue weighted by molar-refractivity contribution is 0.107. The third-order valence-corrected chi connectivity index (χ3v) is 3.51. The SMILES string of the molecule is Nc1ccc2nc(NCCC3CCCO3)[nH]c(=O)c2c1. The van der Waals surface area contributed by atoms with Crippen LogP contribution in [0.5, 0.6) is 0 Å². The molecular formula is C14H18N4O2. The van der Waals surface area contributed by atoms with E-state index in [0.29, 0.717) is 28.6 Å². The molecule has 1 atom stereocenters. The van der Waals surface area contributed by atoms with E-state index in [1.807, 2.05) is 0 Å².